The zero-order valence-corrected chi connectivity index (χ0v) is 5.60. The summed E-state index contributed by atoms with van der Waals surface area (Å²) in [5, 5.41) is 3.38. The Labute approximate surface area is 55.6 Å². The summed E-state index contributed by atoms with van der Waals surface area (Å²) >= 11 is 0. The predicted molar refractivity (Wildman–Crippen MR) is 35.3 cm³/mol. The summed E-state index contributed by atoms with van der Waals surface area (Å²) in [7, 11) is 0. The van der Waals surface area contributed by atoms with Gasteiger partial charge in [-0.25, -0.2) is 0 Å². The molecule has 2 atom stereocenters. The minimum atomic E-state index is 0.603. The molecule has 1 N–H and O–H groups in total. The molecule has 2 fully saturated rings. The van der Waals surface area contributed by atoms with Gasteiger partial charge in [0.15, 0.2) is 0 Å². The van der Waals surface area contributed by atoms with Crippen molar-refractivity contribution in [2.45, 2.75) is 18.9 Å². The fourth-order valence-electron chi connectivity index (χ4n) is 1.78. The Morgan fingerprint density at radius 2 is 2.33 bits per heavy atom. The molecule has 2 aliphatic rings. The maximum atomic E-state index is 5.52. The fraction of sp³-hybridized carbons (Fsp3) is 1.00. The lowest BCUT2D eigenvalue weighted by molar-refractivity contribution is 0.0719. The van der Waals surface area contributed by atoms with Gasteiger partial charge >= 0.3 is 0 Å². The topological polar surface area (TPSA) is 21.3 Å². The number of piperidine rings is 1. The van der Waals surface area contributed by atoms with Crippen LogP contribution in [0.3, 0.4) is 0 Å². The van der Waals surface area contributed by atoms with Crippen molar-refractivity contribution < 1.29 is 4.74 Å². The van der Waals surface area contributed by atoms with E-state index in [1.165, 1.54) is 19.4 Å². The molecule has 0 radical (unpaired) electrons. The van der Waals surface area contributed by atoms with Gasteiger partial charge in [-0.2, -0.15) is 0 Å². The van der Waals surface area contributed by atoms with E-state index < -0.39 is 0 Å². The van der Waals surface area contributed by atoms with Crippen molar-refractivity contribution in [1.82, 2.24) is 5.32 Å². The van der Waals surface area contributed by atoms with Gasteiger partial charge in [0.1, 0.15) is 0 Å². The smallest absolute Gasteiger partial charge is 0.0628 e. The molecule has 0 aliphatic carbocycles. The summed E-state index contributed by atoms with van der Waals surface area (Å²) < 4.78 is 5.52. The molecule has 2 rings (SSSR count). The van der Waals surface area contributed by atoms with Gasteiger partial charge in [-0.05, 0) is 25.3 Å². The van der Waals surface area contributed by atoms with E-state index in [0.29, 0.717) is 6.10 Å². The first kappa shape index (κ1) is 5.69. The molecule has 0 saturated carbocycles. The van der Waals surface area contributed by atoms with Gasteiger partial charge in [-0.1, -0.05) is 0 Å². The van der Waals surface area contributed by atoms with Gasteiger partial charge in [0.05, 0.1) is 6.10 Å². The Morgan fingerprint density at radius 1 is 1.33 bits per heavy atom. The molecule has 0 amide bonds. The summed E-state index contributed by atoms with van der Waals surface area (Å²) in [4.78, 5) is 0. The van der Waals surface area contributed by atoms with Crippen LogP contribution in [0.5, 0.6) is 0 Å². The largest absolute Gasteiger partial charge is 0.378 e. The quantitative estimate of drug-likeness (QED) is 0.508. The van der Waals surface area contributed by atoms with E-state index in [4.69, 9.17) is 4.74 Å². The fourth-order valence-corrected chi connectivity index (χ4v) is 1.78. The molecule has 2 saturated heterocycles. The van der Waals surface area contributed by atoms with E-state index >= 15 is 0 Å². The van der Waals surface area contributed by atoms with Gasteiger partial charge in [0.25, 0.3) is 0 Å². The molecule has 0 aromatic heterocycles. The molecule has 2 heteroatoms. The van der Waals surface area contributed by atoms with Crippen LogP contribution in [0, 0.1) is 5.92 Å². The van der Waals surface area contributed by atoms with E-state index in [-0.39, 0.29) is 0 Å². The number of rotatable bonds is 0. The maximum absolute atomic E-state index is 5.52. The van der Waals surface area contributed by atoms with Crippen molar-refractivity contribution in [3.05, 3.63) is 0 Å². The van der Waals surface area contributed by atoms with Crippen LogP contribution in [-0.4, -0.2) is 25.8 Å². The molecule has 0 aromatic rings. The van der Waals surface area contributed by atoms with Crippen LogP contribution in [0.15, 0.2) is 0 Å². The zero-order chi connectivity index (χ0) is 6.10. The van der Waals surface area contributed by atoms with E-state index in [1.54, 1.807) is 0 Å². The molecule has 0 aromatic carbocycles. The summed E-state index contributed by atoms with van der Waals surface area (Å²) in [6.45, 7) is 3.34. The van der Waals surface area contributed by atoms with E-state index in [2.05, 4.69) is 5.32 Å². The highest BCUT2D eigenvalue weighted by molar-refractivity contribution is 4.82. The summed E-state index contributed by atoms with van der Waals surface area (Å²) in [6, 6.07) is 0. The second-order valence-electron chi connectivity index (χ2n) is 2.95. The Kier molecular flexibility index (Phi) is 1.44. The lowest BCUT2D eigenvalue weighted by Crippen LogP contribution is -2.37. The second kappa shape index (κ2) is 2.27. The lowest BCUT2D eigenvalue weighted by atomic mass is 9.96. The highest BCUT2D eigenvalue weighted by Crippen LogP contribution is 2.24. The summed E-state index contributed by atoms with van der Waals surface area (Å²) in [5.74, 6) is 0.832. The van der Waals surface area contributed by atoms with Gasteiger partial charge in [0, 0.05) is 13.2 Å². The summed E-state index contributed by atoms with van der Waals surface area (Å²) in [6.07, 6.45) is 3.11. The van der Waals surface area contributed by atoms with Crippen LogP contribution < -0.4 is 5.32 Å². The Hall–Kier alpha value is -0.0800. The number of hydrogen-bond acceptors (Lipinski definition) is 2. The van der Waals surface area contributed by atoms with Crippen LogP contribution in [0.1, 0.15) is 12.8 Å². The molecular formula is C7H13NO. The predicted octanol–water partition coefficient (Wildman–Crippen LogP) is 0.385. The number of ether oxygens (including phenoxy) is 1. The average molecular weight is 127 g/mol. The van der Waals surface area contributed by atoms with Crippen LogP contribution in [0.2, 0.25) is 0 Å². The number of fused-ring (bicyclic) bond motifs is 1. The average Bonchev–Trinajstić information content (AvgIpc) is 2.33. The highest BCUT2D eigenvalue weighted by atomic mass is 16.5. The van der Waals surface area contributed by atoms with Crippen LogP contribution in [-0.2, 0) is 4.74 Å². The number of nitrogens with one attached hydrogen (secondary N) is 1. The lowest BCUT2D eigenvalue weighted by Gasteiger charge is -2.24. The van der Waals surface area contributed by atoms with Crippen LogP contribution >= 0.6 is 0 Å². The van der Waals surface area contributed by atoms with Crippen molar-refractivity contribution in [2.24, 2.45) is 5.92 Å². The molecule has 0 spiro atoms. The monoisotopic (exact) mass is 127 g/mol. The molecular weight excluding hydrogens is 114 g/mol. The third kappa shape index (κ3) is 0.970. The normalized spacial score (nSPS) is 42.7. The van der Waals surface area contributed by atoms with Crippen LogP contribution in [0.25, 0.3) is 0 Å². The third-order valence-electron chi connectivity index (χ3n) is 2.36. The molecule has 0 bridgehead atoms. The Bertz CT molecular complexity index is 93.1. The minimum Gasteiger partial charge on any atom is -0.378 e. The van der Waals surface area contributed by atoms with E-state index in [0.717, 1.165) is 19.1 Å². The zero-order valence-electron chi connectivity index (χ0n) is 5.60. The minimum absolute atomic E-state index is 0.603. The van der Waals surface area contributed by atoms with Crippen molar-refractivity contribution >= 4 is 0 Å². The first-order chi connectivity index (χ1) is 4.47. The van der Waals surface area contributed by atoms with Crippen LogP contribution in [0.4, 0.5) is 0 Å². The second-order valence-corrected chi connectivity index (χ2v) is 2.95. The number of hydrogen-bond donors (Lipinski definition) is 1. The molecule has 52 valence electrons. The first-order valence-corrected chi connectivity index (χ1v) is 3.79. The third-order valence-corrected chi connectivity index (χ3v) is 2.36. The van der Waals surface area contributed by atoms with Crippen molar-refractivity contribution in [1.29, 1.82) is 0 Å². The van der Waals surface area contributed by atoms with Gasteiger partial charge in [-0.15, -0.1) is 0 Å². The van der Waals surface area contributed by atoms with E-state index in [1.807, 2.05) is 0 Å². The van der Waals surface area contributed by atoms with Gasteiger partial charge in [0.2, 0.25) is 0 Å². The maximum Gasteiger partial charge on any atom is 0.0628 e. The van der Waals surface area contributed by atoms with Crippen molar-refractivity contribution in [3.63, 3.8) is 0 Å². The Morgan fingerprint density at radius 3 is 3.22 bits per heavy atom. The highest BCUT2D eigenvalue weighted by Gasteiger charge is 2.29. The molecule has 2 aliphatic heterocycles. The Balaban J connectivity index is 1.97. The van der Waals surface area contributed by atoms with Crippen molar-refractivity contribution in [2.75, 3.05) is 19.7 Å². The summed E-state index contributed by atoms with van der Waals surface area (Å²) in [5.41, 5.74) is 0. The van der Waals surface area contributed by atoms with E-state index in [9.17, 15) is 0 Å². The molecule has 2 heterocycles. The van der Waals surface area contributed by atoms with Crippen molar-refractivity contribution in [3.8, 4) is 0 Å². The standard InChI is InChI=1S/C7H13NO/c1-3-8-5-6-2-4-9-7(1)6/h6-8H,1-5H2/t6-,7-/m1/s1. The molecule has 0 unspecified atom stereocenters. The molecule has 2 nitrogen and oxygen atoms in total. The first-order valence-electron chi connectivity index (χ1n) is 3.79. The SMILES string of the molecule is C1C[C@H]2OCC[C@@H]2CN1. The van der Waals surface area contributed by atoms with Gasteiger partial charge < -0.3 is 10.1 Å². The molecule has 9 heavy (non-hydrogen) atoms. The van der Waals surface area contributed by atoms with Gasteiger partial charge in [-0.3, -0.25) is 0 Å².